The molecule has 0 bridgehead atoms. The third-order valence-electron chi connectivity index (χ3n) is 2.17. The number of hydrazone groups is 1. The van der Waals surface area contributed by atoms with E-state index in [-0.39, 0.29) is 11.7 Å². The van der Waals surface area contributed by atoms with E-state index >= 15 is 0 Å². The third kappa shape index (κ3) is 3.56. The van der Waals surface area contributed by atoms with Crippen LogP contribution in [0.5, 0.6) is 5.75 Å². The predicted octanol–water partition coefficient (Wildman–Crippen LogP) is 3.63. The van der Waals surface area contributed by atoms with Crippen molar-refractivity contribution in [2.45, 2.75) is 0 Å². The highest BCUT2D eigenvalue weighted by atomic mass is 79.9. The molecule has 2 aromatic rings. The van der Waals surface area contributed by atoms with Crippen molar-refractivity contribution < 1.29 is 9.90 Å². The Morgan fingerprint density at radius 1 is 1.53 bits per heavy atom. The van der Waals surface area contributed by atoms with Crippen molar-refractivity contribution in [2.24, 2.45) is 5.10 Å². The van der Waals surface area contributed by atoms with Crippen molar-refractivity contribution in [3.63, 3.8) is 0 Å². The summed E-state index contributed by atoms with van der Waals surface area (Å²) >= 11 is 10.3. The van der Waals surface area contributed by atoms with E-state index in [2.05, 4.69) is 26.5 Å². The Balaban J connectivity index is 2.09. The molecule has 0 spiro atoms. The fourth-order valence-electron chi connectivity index (χ4n) is 1.31. The smallest absolute Gasteiger partial charge is 0.281 e. The first-order chi connectivity index (χ1) is 9.08. The maximum absolute atomic E-state index is 11.6. The highest BCUT2D eigenvalue weighted by Crippen LogP contribution is 2.30. The van der Waals surface area contributed by atoms with Crippen molar-refractivity contribution in [3.8, 4) is 5.75 Å². The van der Waals surface area contributed by atoms with Crippen LogP contribution < -0.4 is 5.43 Å². The van der Waals surface area contributed by atoms with E-state index in [4.69, 9.17) is 11.6 Å². The number of benzene rings is 1. The Kier molecular flexibility index (Phi) is 4.57. The van der Waals surface area contributed by atoms with Crippen LogP contribution in [0.3, 0.4) is 0 Å². The Bertz CT molecular complexity index is 629. The van der Waals surface area contributed by atoms with Crippen LogP contribution in [0.15, 0.2) is 39.2 Å². The number of amides is 1. The van der Waals surface area contributed by atoms with E-state index in [1.807, 2.05) is 0 Å². The second-order valence-corrected chi connectivity index (χ2v) is 5.74. The van der Waals surface area contributed by atoms with Gasteiger partial charge >= 0.3 is 0 Å². The number of halogens is 2. The van der Waals surface area contributed by atoms with Crippen molar-refractivity contribution >= 4 is 51.0 Å². The first-order valence-electron chi connectivity index (χ1n) is 5.13. The summed E-state index contributed by atoms with van der Waals surface area (Å²) < 4.78 is 0.464. The number of phenolic OH excluding ortho intramolecular Hbond substituents is 1. The zero-order valence-corrected chi connectivity index (χ0v) is 12.6. The molecule has 0 aliphatic heterocycles. The number of hydrogen-bond donors (Lipinski definition) is 2. The largest absolute Gasteiger partial charge is 0.506 e. The normalized spacial score (nSPS) is 10.8. The first-order valence-corrected chi connectivity index (χ1v) is 7.18. The Morgan fingerprint density at radius 2 is 2.32 bits per heavy atom. The lowest BCUT2D eigenvalue weighted by molar-refractivity contribution is 0.0959. The van der Waals surface area contributed by atoms with Crippen LogP contribution in [0.2, 0.25) is 5.02 Å². The van der Waals surface area contributed by atoms with E-state index in [1.165, 1.54) is 17.6 Å². The van der Waals surface area contributed by atoms with Gasteiger partial charge < -0.3 is 5.11 Å². The summed E-state index contributed by atoms with van der Waals surface area (Å²) in [6.45, 7) is 0. The first kappa shape index (κ1) is 14.0. The summed E-state index contributed by atoms with van der Waals surface area (Å²) in [7, 11) is 0. The van der Waals surface area contributed by atoms with Crippen LogP contribution in [-0.2, 0) is 0 Å². The van der Waals surface area contributed by atoms with E-state index in [1.54, 1.807) is 29.6 Å². The summed E-state index contributed by atoms with van der Waals surface area (Å²) in [5, 5.41) is 15.8. The molecule has 0 aliphatic rings. The monoisotopic (exact) mass is 358 g/mol. The Hall–Kier alpha value is -1.37. The lowest BCUT2D eigenvalue weighted by Crippen LogP contribution is -2.16. The number of hydrogen-bond acceptors (Lipinski definition) is 4. The number of carbonyl (C=O) groups excluding carboxylic acids is 1. The minimum atomic E-state index is -0.299. The summed E-state index contributed by atoms with van der Waals surface area (Å²) in [5.41, 5.74) is 2.78. The summed E-state index contributed by atoms with van der Waals surface area (Å²) in [4.78, 5) is 12.2. The molecule has 2 N–H and O–H groups in total. The molecule has 0 unspecified atom stereocenters. The topological polar surface area (TPSA) is 61.7 Å². The molecule has 0 radical (unpaired) electrons. The van der Waals surface area contributed by atoms with Gasteiger partial charge in [-0.15, -0.1) is 11.3 Å². The maximum atomic E-state index is 11.6. The van der Waals surface area contributed by atoms with Gasteiger partial charge in [0.1, 0.15) is 5.75 Å². The summed E-state index contributed by atoms with van der Waals surface area (Å²) in [6, 6.07) is 6.59. The number of nitrogens with one attached hydrogen (secondary N) is 1. The van der Waals surface area contributed by atoms with Gasteiger partial charge in [0.25, 0.3) is 5.91 Å². The van der Waals surface area contributed by atoms with Crippen molar-refractivity contribution in [3.05, 3.63) is 49.6 Å². The second kappa shape index (κ2) is 6.18. The number of aromatic hydroxyl groups is 1. The minimum Gasteiger partial charge on any atom is -0.506 e. The van der Waals surface area contributed by atoms with Gasteiger partial charge in [0.05, 0.1) is 15.6 Å². The van der Waals surface area contributed by atoms with Crippen LogP contribution in [0.25, 0.3) is 0 Å². The van der Waals surface area contributed by atoms with Crippen molar-refractivity contribution in [1.82, 2.24) is 5.43 Å². The van der Waals surface area contributed by atoms with Gasteiger partial charge in [-0.05, 0) is 39.5 Å². The van der Waals surface area contributed by atoms with Crippen molar-refractivity contribution in [1.29, 1.82) is 0 Å². The second-order valence-electron chi connectivity index (χ2n) is 3.50. The van der Waals surface area contributed by atoms with Gasteiger partial charge in [-0.3, -0.25) is 4.79 Å². The van der Waals surface area contributed by atoms with E-state index in [0.717, 1.165) is 0 Å². The van der Waals surface area contributed by atoms with Gasteiger partial charge in [-0.2, -0.15) is 5.10 Å². The molecule has 19 heavy (non-hydrogen) atoms. The SMILES string of the molecule is O=C(NN=Cc1cc(Cl)cc(Br)c1O)c1cccs1. The molecule has 1 amide bonds. The van der Waals surface area contributed by atoms with Gasteiger partial charge in [0.2, 0.25) is 0 Å². The fourth-order valence-corrected chi connectivity index (χ4v) is 2.76. The summed E-state index contributed by atoms with van der Waals surface area (Å²) in [5.74, 6) is -0.287. The lowest BCUT2D eigenvalue weighted by Gasteiger charge is -2.02. The summed E-state index contributed by atoms with van der Waals surface area (Å²) in [6.07, 6.45) is 1.33. The molecule has 1 heterocycles. The molecule has 0 saturated carbocycles. The number of carbonyl (C=O) groups is 1. The quantitative estimate of drug-likeness (QED) is 0.649. The van der Waals surface area contributed by atoms with Crippen LogP contribution in [0, 0.1) is 0 Å². The molecule has 98 valence electrons. The Labute approximate surface area is 126 Å². The number of nitrogens with zero attached hydrogens (tertiary/aromatic N) is 1. The van der Waals surface area contributed by atoms with Gasteiger partial charge in [0.15, 0.2) is 0 Å². The van der Waals surface area contributed by atoms with Gasteiger partial charge in [-0.1, -0.05) is 17.7 Å². The van der Waals surface area contributed by atoms with Crippen molar-refractivity contribution in [2.75, 3.05) is 0 Å². The van der Waals surface area contributed by atoms with Crippen LogP contribution in [0.1, 0.15) is 15.2 Å². The third-order valence-corrected chi connectivity index (χ3v) is 3.86. The standard InChI is InChI=1S/C12H8BrClN2O2S/c13-9-5-8(14)4-7(11(9)17)6-15-16-12(18)10-2-1-3-19-10/h1-6,17H,(H,16,18). The molecule has 0 aliphatic carbocycles. The molecule has 4 nitrogen and oxygen atoms in total. The van der Waals surface area contributed by atoms with Crippen LogP contribution in [-0.4, -0.2) is 17.2 Å². The highest BCUT2D eigenvalue weighted by molar-refractivity contribution is 9.10. The maximum Gasteiger partial charge on any atom is 0.281 e. The molecular formula is C12H8BrClN2O2S. The average molecular weight is 360 g/mol. The molecule has 7 heteroatoms. The van der Waals surface area contributed by atoms with Crippen LogP contribution in [0.4, 0.5) is 0 Å². The van der Waals surface area contributed by atoms with Gasteiger partial charge in [-0.25, -0.2) is 5.43 Å². The number of thiophene rings is 1. The lowest BCUT2D eigenvalue weighted by atomic mass is 10.2. The zero-order valence-electron chi connectivity index (χ0n) is 9.43. The number of rotatable bonds is 3. The molecule has 0 fully saturated rings. The zero-order chi connectivity index (χ0) is 13.8. The molecule has 2 rings (SSSR count). The minimum absolute atomic E-state index is 0.0125. The highest BCUT2D eigenvalue weighted by Gasteiger charge is 2.07. The fraction of sp³-hybridized carbons (Fsp3) is 0. The molecule has 0 atom stereocenters. The van der Waals surface area contributed by atoms with E-state index in [0.29, 0.717) is 19.9 Å². The molecule has 1 aromatic heterocycles. The Morgan fingerprint density at radius 3 is 3.00 bits per heavy atom. The predicted molar refractivity (Wildman–Crippen MR) is 80.2 cm³/mol. The number of phenols is 1. The van der Waals surface area contributed by atoms with Gasteiger partial charge in [0, 0.05) is 10.6 Å². The van der Waals surface area contributed by atoms with E-state index in [9.17, 15) is 9.90 Å². The molecule has 0 saturated heterocycles. The molecular weight excluding hydrogens is 352 g/mol. The van der Waals surface area contributed by atoms with E-state index < -0.39 is 0 Å². The molecule has 1 aromatic carbocycles. The van der Waals surface area contributed by atoms with Crippen LogP contribution >= 0.6 is 38.9 Å². The average Bonchev–Trinajstić information content (AvgIpc) is 2.88.